The Labute approximate surface area is 122 Å². The molecule has 0 bridgehead atoms. The van der Waals surface area contributed by atoms with Crippen molar-refractivity contribution in [3.05, 3.63) is 28.3 Å². The molecule has 0 amide bonds. The molecule has 9 heteroatoms. The van der Waals surface area contributed by atoms with Crippen molar-refractivity contribution >= 4 is 15.7 Å². The number of ether oxygens (including phenoxy) is 1. The van der Waals surface area contributed by atoms with Gasteiger partial charge >= 0.3 is 0 Å². The van der Waals surface area contributed by atoms with Crippen LogP contribution in [0.2, 0.25) is 0 Å². The molecule has 116 valence electrons. The highest BCUT2D eigenvalue weighted by atomic mass is 32.2. The van der Waals surface area contributed by atoms with Crippen LogP contribution >= 0.6 is 0 Å². The predicted molar refractivity (Wildman–Crippen MR) is 75.9 cm³/mol. The van der Waals surface area contributed by atoms with Gasteiger partial charge in [-0.15, -0.1) is 0 Å². The molecule has 1 aliphatic heterocycles. The van der Waals surface area contributed by atoms with Gasteiger partial charge < -0.3 is 10.1 Å². The molecule has 8 nitrogen and oxygen atoms in total. The predicted octanol–water partition coefficient (Wildman–Crippen LogP) is 0.586. The van der Waals surface area contributed by atoms with Crippen LogP contribution in [0.1, 0.15) is 6.92 Å². The third kappa shape index (κ3) is 3.14. The number of nitrogens with zero attached hydrogens (tertiary/aromatic N) is 2. The lowest BCUT2D eigenvalue weighted by molar-refractivity contribution is -0.385. The van der Waals surface area contributed by atoms with E-state index in [9.17, 15) is 18.5 Å². The Morgan fingerprint density at radius 3 is 2.76 bits per heavy atom. The first-order valence-electron chi connectivity index (χ1n) is 6.42. The molecule has 0 saturated carbocycles. The van der Waals surface area contributed by atoms with Gasteiger partial charge in [0.1, 0.15) is 10.6 Å². The number of nitro groups is 1. The van der Waals surface area contributed by atoms with Crippen molar-refractivity contribution in [2.45, 2.75) is 17.9 Å². The van der Waals surface area contributed by atoms with Crippen LogP contribution < -0.4 is 10.1 Å². The second kappa shape index (κ2) is 5.96. The summed E-state index contributed by atoms with van der Waals surface area (Å²) in [6.45, 7) is 3.17. The zero-order valence-corrected chi connectivity index (χ0v) is 12.6. The highest BCUT2D eigenvalue weighted by molar-refractivity contribution is 7.89. The summed E-state index contributed by atoms with van der Waals surface area (Å²) in [5, 5.41) is 13.9. The molecular weight excluding hydrogens is 298 g/mol. The number of non-ortho nitro benzene ring substituents is 1. The molecular formula is C12H17N3O5S. The third-order valence-electron chi connectivity index (χ3n) is 3.31. The molecule has 1 aliphatic rings. The van der Waals surface area contributed by atoms with Crippen LogP contribution in [0, 0.1) is 10.1 Å². The summed E-state index contributed by atoms with van der Waals surface area (Å²) in [5.74, 6) is -0.0182. The normalized spacial score (nSPS) is 20.2. The Morgan fingerprint density at radius 1 is 1.48 bits per heavy atom. The fourth-order valence-electron chi connectivity index (χ4n) is 2.24. The quantitative estimate of drug-likeness (QED) is 0.644. The minimum absolute atomic E-state index is 0.0182. The van der Waals surface area contributed by atoms with Crippen molar-refractivity contribution in [3.8, 4) is 5.75 Å². The topological polar surface area (TPSA) is 102 Å². The van der Waals surface area contributed by atoms with E-state index in [0.717, 1.165) is 6.07 Å². The first kappa shape index (κ1) is 15.7. The van der Waals surface area contributed by atoms with Gasteiger partial charge in [-0.25, -0.2) is 8.42 Å². The van der Waals surface area contributed by atoms with E-state index >= 15 is 0 Å². The molecule has 1 aromatic rings. The van der Waals surface area contributed by atoms with E-state index in [2.05, 4.69) is 5.32 Å². The molecule has 0 radical (unpaired) electrons. The van der Waals surface area contributed by atoms with E-state index in [1.54, 1.807) is 0 Å². The Bertz CT molecular complexity index is 646. The van der Waals surface area contributed by atoms with Crippen LogP contribution in [0.15, 0.2) is 23.1 Å². The van der Waals surface area contributed by atoms with E-state index in [0.29, 0.717) is 19.6 Å². The van der Waals surface area contributed by atoms with Gasteiger partial charge in [-0.2, -0.15) is 4.31 Å². The van der Waals surface area contributed by atoms with Crippen molar-refractivity contribution in [3.63, 3.8) is 0 Å². The summed E-state index contributed by atoms with van der Waals surface area (Å²) >= 11 is 0. The summed E-state index contributed by atoms with van der Waals surface area (Å²) in [4.78, 5) is 10.1. The number of sulfonamides is 1. The first-order valence-corrected chi connectivity index (χ1v) is 7.86. The minimum atomic E-state index is -3.73. The Morgan fingerprint density at radius 2 is 2.19 bits per heavy atom. The highest BCUT2D eigenvalue weighted by Gasteiger charge is 2.31. The number of hydrogen-bond acceptors (Lipinski definition) is 6. The van der Waals surface area contributed by atoms with Crippen molar-refractivity contribution in [1.29, 1.82) is 0 Å². The van der Waals surface area contributed by atoms with Crippen LogP contribution in [-0.4, -0.2) is 50.4 Å². The van der Waals surface area contributed by atoms with Crippen LogP contribution in [0.4, 0.5) is 5.69 Å². The molecule has 1 fully saturated rings. The summed E-state index contributed by atoms with van der Waals surface area (Å²) in [6, 6.07) is 3.57. The standard InChI is InChI=1S/C12H17N3O5S/c1-9-8-14(6-5-13-9)21(18,19)12-4-3-10(15(16)17)7-11(12)20-2/h3-4,7,9,13H,5-6,8H2,1-2H3. The Hall–Kier alpha value is -1.71. The van der Waals surface area contributed by atoms with Crippen molar-refractivity contribution in [2.24, 2.45) is 0 Å². The van der Waals surface area contributed by atoms with Crippen LogP contribution in [-0.2, 0) is 10.0 Å². The van der Waals surface area contributed by atoms with E-state index in [1.807, 2.05) is 6.92 Å². The van der Waals surface area contributed by atoms with Crippen molar-refractivity contribution in [1.82, 2.24) is 9.62 Å². The zero-order valence-electron chi connectivity index (χ0n) is 11.8. The van der Waals surface area contributed by atoms with E-state index < -0.39 is 14.9 Å². The fourth-order valence-corrected chi connectivity index (χ4v) is 3.90. The molecule has 21 heavy (non-hydrogen) atoms. The van der Waals surface area contributed by atoms with Crippen LogP contribution in [0.3, 0.4) is 0 Å². The third-order valence-corrected chi connectivity index (χ3v) is 5.21. The number of benzene rings is 1. The van der Waals surface area contributed by atoms with Gasteiger partial charge in [-0.3, -0.25) is 10.1 Å². The van der Waals surface area contributed by atoms with Crippen molar-refractivity contribution in [2.75, 3.05) is 26.7 Å². The number of nitro benzene ring substituents is 1. The molecule has 0 aromatic heterocycles. The van der Waals surface area contributed by atoms with E-state index in [1.165, 1.54) is 23.5 Å². The van der Waals surface area contributed by atoms with Crippen molar-refractivity contribution < 1.29 is 18.1 Å². The molecule has 1 unspecified atom stereocenters. The molecule has 0 spiro atoms. The van der Waals surface area contributed by atoms with Gasteiger partial charge in [-0.05, 0) is 13.0 Å². The van der Waals surface area contributed by atoms with E-state index in [-0.39, 0.29) is 22.4 Å². The molecule has 1 aromatic carbocycles. The summed E-state index contributed by atoms with van der Waals surface area (Å²) in [6.07, 6.45) is 0. The van der Waals surface area contributed by atoms with Gasteiger partial charge in [0.15, 0.2) is 0 Å². The second-order valence-corrected chi connectivity index (χ2v) is 6.72. The number of methoxy groups -OCH3 is 1. The molecule has 1 atom stereocenters. The lowest BCUT2D eigenvalue weighted by Gasteiger charge is -2.31. The summed E-state index contributed by atoms with van der Waals surface area (Å²) < 4.78 is 31.7. The maximum absolute atomic E-state index is 12.6. The fraction of sp³-hybridized carbons (Fsp3) is 0.500. The molecule has 0 aliphatic carbocycles. The number of rotatable bonds is 4. The lowest BCUT2D eigenvalue weighted by atomic mass is 10.3. The largest absolute Gasteiger partial charge is 0.495 e. The molecule has 2 rings (SSSR count). The maximum atomic E-state index is 12.6. The Kier molecular flexibility index (Phi) is 4.45. The SMILES string of the molecule is COc1cc([N+](=O)[O-])ccc1S(=O)(=O)N1CCNC(C)C1. The smallest absolute Gasteiger partial charge is 0.273 e. The molecule has 1 saturated heterocycles. The molecule has 1 N–H and O–H groups in total. The maximum Gasteiger partial charge on any atom is 0.273 e. The number of nitrogens with one attached hydrogen (secondary N) is 1. The zero-order chi connectivity index (χ0) is 15.6. The molecule has 1 heterocycles. The van der Waals surface area contributed by atoms with Gasteiger partial charge in [0.05, 0.1) is 18.1 Å². The summed E-state index contributed by atoms with van der Waals surface area (Å²) in [5.41, 5.74) is -0.209. The number of hydrogen-bond donors (Lipinski definition) is 1. The van der Waals surface area contributed by atoms with Gasteiger partial charge in [0, 0.05) is 31.7 Å². The lowest BCUT2D eigenvalue weighted by Crippen LogP contribution is -2.51. The first-order chi connectivity index (χ1) is 9.86. The van der Waals surface area contributed by atoms with Gasteiger partial charge in [-0.1, -0.05) is 0 Å². The van der Waals surface area contributed by atoms with Crippen LogP contribution in [0.25, 0.3) is 0 Å². The van der Waals surface area contributed by atoms with E-state index in [4.69, 9.17) is 4.74 Å². The Balaban J connectivity index is 2.42. The van der Waals surface area contributed by atoms with Crippen LogP contribution in [0.5, 0.6) is 5.75 Å². The number of piperazine rings is 1. The van der Waals surface area contributed by atoms with Gasteiger partial charge in [0.25, 0.3) is 5.69 Å². The monoisotopic (exact) mass is 315 g/mol. The minimum Gasteiger partial charge on any atom is -0.495 e. The summed E-state index contributed by atoms with van der Waals surface area (Å²) in [7, 11) is -2.44. The highest BCUT2D eigenvalue weighted by Crippen LogP contribution is 2.30. The second-order valence-electron chi connectivity index (χ2n) is 4.81. The average molecular weight is 315 g/mol. The van der Waals surface area contributed by atoms with Gasteiger partial charge in [0.2, 0.25) is 10.0 Å². The average Bonchev–Trinajstić information content (AvgIpc) is 2.46.